The molecule has 0 fully saturated rings. The number of aryl methyl sites for hydroxylation is 1. The second-order valence-corrected chi connectivity index (χ2v) is 9.16. The standard InChI is InChI=1S/C27H27N3O3/c1-27(2,3)23-17-24(28-26(33)21-13-12-19-8-4-5-9-20(19)16-21)30(29-23)22-10-6-7-18(15-22)11-14-25(31)32/h4-10,12-13,15-17H,11,14H2,1-3H3,(H,28,33)(H,31,32). The van der Waals surface area contributed by atoms with Crippen LogP contribution in [-0.2, 0) is 16.6 Å². The molecule has 0 aliphatic carbocycles. The highest BCUT2D eigenvalue weighted by atomic mass is 16.4. The van der Waals surface area contributed by atoms with Crippen LogP contribution in [-0.4, -0.2) is 26.8 Å². The Morgan fingerprint density at radius 2 is 1.70 bits per heavy atom. The molecule has 1 aromatic heterocycles. The fourth-order valence-electron chi connectivity index (χ4n) is 3.65. The molecule has 0 aliphatic rings. The van der Waals surface area contributed by atoms with E-state index in [0.29, 0.717) is 17.8 Å². The smallest absolute Gasteiger partial charge is 0.303 e. The van der Waals surface area contributed by atoms with Crippen molar-refractivity contribution in [2.24, 2.45) is 0 Å². The molecule has 0 radical (unpaired) electrons. The topological polar surface area (TPSA) is 84.2 Å². The zero-order valence-corrected chi connectivity index (χ0v) is 19.0. The summed E-state index contributed by atoms with van der Waals surface area (Å²) in [6.45, 7) is 6.20. The molecule has 3 aromatic carbocycles. The van der Waals surface area contributed by atoms with Crippen LogP contribution >= 0.6 is 0 Å². The van der Waals surface area contributed by atoms with Gasteiger partial charge in [-0.1, -0.05) is 63.2 Å². The molecule has 4 aromatic rings. The molecule has 1 heterocycles. The fourth-order valence-corrected chi connectivity index (χ4v) is 3.65. The number of carboxylic acid groups (broad SMARTS) is 1. The van der Waals surface area contributed by atoms with Gasteiger partial charge in [0.1, 0.15) is 5.82 Å². The van der Waals surface area contributed by atoms with Crippen LogP contribution in [0.4, 0.5) is 5.82 Å². The van der Waals surface area contributed by atoms with Crippen LogP contribution in [0.25, 0.3) is 16.5 Å². The molecule has 0 unspecified atom stereocenters. The highest BCUT2D eigenvalue weighted by molar-refractivity contribution is 6.06. The lowest BCUT2D eigenvalue weighted by molar-refractivity contribution is -0.136. The van der Waals surface area contributed by atoms with Gasteiger partial charge in [0.05, 0.1) is 11.4 Å². The molecule has 0 atom stereocenters. The van der Waals surface area contributed by atoms with Crippen molar-refractivity contribution in [3.05, 3.63) is 89.6 Å². The molecule has 2 N–H and O–H groups in total. The predicted molar refractivity (Wildman–Crippen MR) is 130 cm³/mol. The third kappa shape index (κ3) is 5.12. The molecule has 33 heavy (non-hydrogen) atoms. The van der Waals surface area contributed by atoms with E-state index in [1.807, 2.05) is 72.8 Å². The van der Waals surface area contributed by atoms with E-state index >= 15 is 0 Å². The number of nitrogens with one attached hydrogen (secondary N) is 1. The van der Waals surface area contributed by atoms with Crippen molar-refractivity contribution < 1.29 is 14.7 Å². The molecular formula is C27H27N3O3. The van der Waals surface area contributed by atoms with Crippen LogP contribution in [0, 0.1) is 0 Å². The van der Waals surface area contributed by atoms with Crippen LogP contribution < -0.4 is 5.32 Å². The maximum Gasteiger partial charge on any atom is 0.303 e. The summed E-state index contributed by atoms with van der Waals surface area (Å²) >= 11 is 0. The van der Waals surface area contributed by atoms with Crippen molar-refractivity contribution in [3.63, 3.8) is 0 Å². The first-order chi connectivity index (χ1) is 15.7. The van der Waals surface area contributed by atoms with Crippen LogP contribution in [0.15, 0.2) is 72.8 Å². The SMILES string of the molecule is CC(C)(C)c1cc(NC(=O)c2ccc3ccccc3c2)n(-c2cccc(CCC(=O)O)c2)n1. The third-order valence-corrected chi connectivity index (χ3v) is 5.51. The first-order valence-electron chi connectivity index (χ1n) is 10.9. The lowest BCUT2D eigenvalue weighted by atomic mass is 9.92. The molecule has 0 aliphatic heterocycles. The Balaban J connectivity index is 1.69. The van der Waals surface area contributed by atoms with Crippen LogP contribution in [0.5, 0.6) is 0 Å². The molecule has 0 spiro atoms. The predicted octanol–water partition coefficient (Wildman–Crippen LogP) is 5.59. The summed E-state index contributed by atoms with van der Waals surface area (Å²) in [6.07, 6.45) is 0.483. The zero-order chi connectivity index (χ0) is 23.6. The number of carbonyl (C=O) groups is 2. The van der Waals surface area contributed by atoms with E-state index in [-0.39, 0.29) is 17.7 Å². The largest absolute Gasteiger partial charge is 0.481 e. The minimum absolute atomic E-state index is 0.0569. The van der Waals surface area contributed by atoms with Gasteiger partial charge in [-0.3, -0.25) is 9.59 Å². The van der Waals surface area contributed by atoms with Gasteiger partial charge in [-0.25, -0.2) is 4.68 Å². The monoisotopic (exact) mass is 441 g/mol. The summed E-state index contributed by atoms with van der Waals surface area (Å²) in [6, 6.07) is 23.0. The van der Waals surface area contributed by atoms with Crippen molar-refractivity contribution in [1.29, 1.82) is 0 Å². The molecule has 1 amide bonds. The lowest BCUT2D eigenvalue weighted by Crippen LogP contribution is -2.15. The Labute approximate surface area is 192 Å². The number of hydrogen-bond acceptors (Lipinski definition) is 3. The second-order valence-electron chi connectivity index (χ2n) is 9.16. The maximum absolute atomic E-state index is 13.1. The molecule has 0 bridgehead atoms. The number of hydrogen-bond donors (Lipinski definition) is 2. The van der Waals surface area contributed by atoms with E-state index in [1.54, 1.807) is 4.68 Å². The number of anilines is 1. The quantitative estimate of drug-likeness (QED) is 0.408. The van der Waals surface area contributed by atoms with E-state index in [1.165, 1.54) is 0 Å². The number of benzene rings is 3. The number of carboxylic acids is 1. The Kier molecular flexibility index (Phi) is 6.01. The first-order valence-corrected chi connectivity index (χ1v) is 10.9. The number of carbonyl (C=O) groups excluding carboxylic acids is 1. The Bertz CT molecular complexity index is 1330. The first kappa shape index (κ1) is 22.3. The number of aliphatic carboxylic acids is 1. The van der Waals surface area contributed by atoms with E-state index < -0.39 is 5.97 Å². The Morgan fingerprint density at radius 1 is 0.939 bits per heavy atom. The highest BCUT2D eigenvalue weighted by Crippen LogP contribution is 2.27. The average molecular weight is 442 g/mol. The van der Waals surface area contributed by atoms with Gasteiger partial charge in [0.15, 0.2) is 0 Å². The second kappa shape index (κ2) is 8.90. The molecule has 6 nitrogen and oxygen atoms in total. The Hall–Kier alpha value is -3.93. The minimum Gasteiger partial charge on any atom is -0.481 e. The van der Waals surface area contributed by atoms with E-state index in [4.69, 9.17) is 10.2 Å². The summed E-state index contributed by atoms with van der Waals surface area (Å²) in [4.78, 5) is 24.1. The number of amides is 1. The normalized spacial score (nSPS) is 11.5. The van der Waals surface area contributed by atoms with Crippen LogP contribution in [0.2, 0.25) is 0 Å². The van der Waals surface area contributed by atoms with Gasteiger partial charge >= 0.3 is 5.97 Å². The molecular weight excluding hydrogens is 414 g/mol. The number of rotatable bonds is 6. The number of nitrogens with zero attached hydrogens (tertiary/aromatic N) is 2. The van der Waals surface area contributed by atoms with Crippen LogP contribution in [0.3, 0.4) is 0 Å². The summed E-state index contributed by atoms with van der Waals surface area (Å²) in [5, 5.41) is 18.9. The Morgan fingerprint density at radius 3 is 2.42 bits per heavy atom. The van der Waals surface area contributed by atoms with Gasteiger partial charge in [-0.05, 0) is 47.0 Å². The van der Waals surface area contributed by atoms with Crippen molar-refractivity contribution in [3.8, 4) is 5.69 Å². The lowest BCUT2D eigenvalue weighted by Gasteiger charge is -2.14. The maximum atomic E-state index is 13.1. The number of aromatic nitrogens is 2. The fraction of sp³-hybridized carbons (Fsp3) is 0.222. The highest BCUT2D eigenvalue weighted by Gasteiger charge is 2.22. The van der Waals surface area contributed by atoms with Gasteiger partial charge in [0.25, 0.3) is 5.91 Å². The summed E-state index contributed by atoms with van der Waals surface area (Å²) in [7, 11) is 0. The van der Waals surface area contributed by atoms with Gasteiger partial charge in [-0.2, -0.15) is 5.10 Å². The molecule has 0 saturated carbocycles. The molecule has 168 valence electrons. The van der Waals surface area contributed by atoms with E-state index in [9.17, 15) is 9.59 Å². The van der Waals surface area contributed by atoms with Gasteiger partial charge in [0.2, 0.25) is 0 Å². The number of fused-ring (bicyclic) bond motifs is 1. The van der Waals surface area contributed by atoms with Crippen molar-refractivity contribution in [1.82, 2.24) is 9.78 Å². The van der Waals surface area contributed by atoms with Gasteiger partial charge in [-0.15, -0.1) is 0 Å². The summed E-state index contributed by atoms with van der Waals surface area (Å²) in [5.41, 5.74) is 2.85. The van der Waals surface area contributed by atoms with E-state index in [2.05, 4.69) is 26.1 Å². The molecule has 6 heteroatoms. The van der Waals surface area contributed by atoms with Crippen molar-refractivity contribution >= 4 is 28.5 Å². The van der Waals surface area contributed by atoms with Crippen LogP contribution in [0.1, 0.15) is 48.8 Å². The zero-order valence-electron chi connectivity index (χ0n) is 19.0. The summed E-state index contributed by atoms with van der Waals surface area (Å²) in [5.74, 6) is -0.490. The van der Waals surface area contributed by atoms with Gasteiger partial charge in [0, 0.05) is 23.5 Å². The third-order valence-electron chi connectivity index (χ3n) is 5.51. The summed E-state index contributed by atoms with van der Waals surface area (Å²) < 4.78 is 1.71. The molecule has 4 rings (SSSR count). The van der Waals surface area contributed by atoms with Crippen molar-refractivity contribution in [2.45, 2.75) is 39.0 Å². The average Bonchev–Trinajstić information content (AvgIpc) is 3.22. The minimum atomic E-state index is -0.835. The molecule has 0 saturated heterocycles. The van der Waals surface area contributed by atoms with Gasteiger partial charge < -0.3 is 10.4 Å². The van der Waals surface area contributed by atoms with E-state index in [0.717, 1.165) is 27.7 Å². The van der Waals surface area contributed by atoms with Crippen molar-refractivity contribution in [2.75, 3.05) is 5.32 Å².